The van der Waals surface area contributed by atoms with Gasteiger partial charge < -0.3 is 16.0 Å². The maximum absolute atomic E-state index is 5.93. The molecule has 76 valence electrons. The average Bonchev–Trinajstić information content (AvgIpc) is 2.28. The van der Waals surface area contributed by atoms with Crippen LogP contribution in [0.4, 0.5) is 17.1 Å². The first-order valence-electron chi connectivity index (χ1n) is 5.02. The molecule has 3 N–H and O–H groups in total. The summed E-state index contributed by atoms with van der Waals surface area (Å²) >= 11 is 0. The van der Waals surface area contributed by atoms with Crippen molar-refractivity contribution in [2.24, 2.45) is 5.92 Å². The summed E-state index contributed by atoms with van der Waals surface area (Å²) in [6.45, 7) is 4.31. The molecular weight excluding hydrogens is 174 g/mol. The van der Waals surface area contributed by atoms with E-state index in [1.165, 1.54) is 5.69 Å². The number of nitrogens with one attached hydrogen (secondary N) is 1. The molecule has 1 aliphatic rings. The summed E-state index contributed by atoms with van der Waals surface area (Å²) in [7, 11) is 2.11. The van der Waals surface area contributed by atoms with Crippen molar-refractivity contribution in [1.82, 2.24) is 0 Å². The minimum absolute atomic E-state index is 0.645. The van der Waals surface area contributed by atoms with Gasteiger partial charge in [0.1, 0.15) is 0 Å². The molecule has 0 radical (unpaired) electrons. The number of fused-ring (bicyclic) bond motifs is 1. The van der Waals surface area contributed by atoms with E-state index in [0.29, 0.717) is 5.92 Å². The molecule has 0 fully saturated rings. The van der Waals surface area contributed by atoms with E-state index in [4.69, 9.17) is 5.73 Å². The highest BCUT2D eigenvalue weighted by Gasteiger charge is 2.17. The predicted octanol–water partition coefficient (Wildman–Crippen LogP) is 1.77. The predicted molar refractivity (Wildman–Crippen MR) is 61.8 cm³/mol. The Kier molecular flexibility index (Phi) is 2.23. The zero-order chi connectivity index (χ0) is 10.1. The van der Waals surface area contributed by atoms with Crippen LogP contribution >= 0.6 is 0 Å². The van der Waals surface area contributed by atoms with E-state index in [2.05, 4.69) is 30.3 Å². The van der Waals surface area contributed by atoms with Crippen molar-refractivity contribution >= 4 is 17.1 Å². The Balaban J connectivity index is 2.43. The van der Waals surface area contributed by atoms with Gasteiger partial charge in [-0.3, -0.25) is 0 Å². The summed E-state index contributed by atoms with van der Waals surface area (Å²) in [5.41, 5.74) is 9.05. The Morgan fingerprint density at radius 2 is 2.29 bits per heavy atom. The van der Waals surface area contributed by atoms with E-state index in [1.54, 1.807) is 0 Å². The summed E-state index contributed by atoms with van der Waals surface area (Å²) in [6.07, 6.45) is 0. The second kappa shape index (κ2) is 3.40. The van der Waals surface area contributed by atoms with Crippen molar-refractivity contribution in [2.45, 2.75) is 6.92 Å². The van der Waals surface area contributed by atoms with Crippen LogP contribution in [0.25, 0.3) is 0 Å². The lowest BCUT2D eigenvalue weighted by Crippen LogP contribution is -2.23. The lowest BCUT2D eigenvalue weighted by Gasteiger charge is -2.20. The number of hydrogen-bond donors (Lipinski definition) is 2. The highest BCUT2D eigenvalue weighted by Crippen LogP contribution is 2.33. The Morgan fingerprint density at radius 3 is 3.07 bits per heavy atom. The van der Waals surface area contributed by atoms with Gasteiger partial charge in [0, 0.05) is 20.1 Å². The highest BCUT2D eigenvalue weighted by atomic mass is 15.1. The van der Waals surface area contributed by atoms with Crippen molar-refractivity contribution in [1.29, 1.82) is 0 Å². The number of anilines is 3. The Morgan fingerprint density at radius 1 is 1.50 bits per heavy atom. The molecule has 3 nitrogen and oxygen atoms in total. The number of nitrogens with two attached hydrogens (primary N) is 1. The highest BCUT2D eigenvalue weighted by molar-refractivity contribution is 5.82. The van der Waals surface area contributed by atoms with Crippen LogP contribution in [-0.4, -0.2) is 20.1 Å². The van der Waals surface area contributed by atoms with Crippen LogP contribution in [0.3, 0.4) is 0 Å². The van der Waals surface area contributed by atoms with Gasteiger partial charge in [0.2, 0.25) is 0 Å². The molecule has 0 bridgehead atoms. The van der Waals surface area contributed by atoms with Crippen molar-refractivity contribution in [3.05, 3.63) is 18.2 Å². The molecule has 0 aromatic heterocycles. The number of rotatable bonds is 0. The Bertz CT molecular complexity index is 335. The molecule has 1 aromatic carbocycles. The van der Waals surface area contributed by atoms with Crippen LogP contribution in [0.5, 0.6) is 0 Å². The summed E-state index contributed by atoms with van der Waals surface area (Å²) in [6, 6.07) is 6.05. The van der Waals surface area contributed by atoms with Crippen LogP contribution in [-0.2, 0) is 0 Å². The molecule has 14 heavy (non-hydrogen) atoms. The van der Waals surface area contributed by atoms with Gasteiger partial charge in [-0.25, -0.2) is 0 Å². The van der Waals surface area contributed by atoms with Gasteiger partial charge in [0.15, 0.2) is 0 Å². The first-order valence-corrected chi connectivity index (χ1v) is 5.02. The van der Waals surface area contributed by atoms with E-state index in [1.807, 2.05) is 12.1 Å². The Hall–Kier alpha value is -1.38. The molecule has 0 amide bonds. The average molecular weight is 191 g/mol. The molecule has 1 aliphatic heterocycles. The van der Waals surface area contributed by atoms with Gasteiger partial charge in [-0.1, -0.05) is 13.0 Å². The molecule has 1 atom stereocenters. The molecule has 0 saturated carbocycles. The smallest absolute Gasteiger partial charge is 0.0811 e. The summed E-state index contributed by atoms with van der Waals surface area (Å²) in [4.78, 5) is 2.26. The number of para-hydroxylation sites is 1. The molecule has 1 aromatic rings. The van der Waals surface area contributed by atoms with Gasteiger partial charge in [-0.05, 0) is 18.1 Å². The molecular formula is C11H17N3. The quantitative estimate of drug-likeness (QED) is 0.614. The summed E-state index contributed by atoms with van der Waals surface area (Å²) in [5, 5.41) is 3.41. The third kappa shape index (κ3) is 1.50. The first kappa shape index (κ1) is 9.19. The largest absolute Gasteiger partial charge is 0.397 e. The monoisotopic (exact) mass is 191 g/mol. The SMILES string of the molecule is CC1CNc2c(N)cccc2N(C)C1. The molecule has 1 unspecified atom stereocenters. The number of nitrogen functional groups attached to an aromatic ring is 1. The normalized spacial score (nSPS) is 21.0. The lowest BCUT2D eigenvalue weighted by molar-refractivity contribution is 0.618. The van der Waals surface area contributed by atoms with Gasteiger partial charge in [-0.2, -0.15) is 0 Å². The second-order valence-corrected chi connectivity index (χ2v) is 4.11. The van der Waals surface area contributed by atoms with E-state index >= 15 is 0 Å². The molecule has 0 saturated heterocycles. The van der Waals surface area contributed by atoms with Crippen molar-refractivity contribution in [3.63, 3.8) is 0 Å². The molecule has 0 aliphatic carbocycles. The first-order chi connectivity index (χ1) is 6.68. The second-order valence-electron chi connectivity index (χ2n) is 4.11. The summed E-state index contributed by atoms with van der Waals surface area (Å²) in [5.74, 6) is 0.645. The van der Waals surface area contributed by atoms with E-state index in [9.17, 15) is 0 Å². The fourth-order valence-electron chi connectivity index (χ4n) is 1.97. The standard InChI is InChI=1S/C11H17N3/c1-8-6-13-11-9(12)4-3-5-10(11)14(2)7-8/h3-5,8,13H,6-7,12H2,1-2H3. The molecule has 3 heteroatoms. The third-order valence-electron chi connectivity index (χ3n) is 2.70. The van der Waals surface area contributed by atoms with Gasteiger partial charge in [0.05, 0.1) is 17.1 Å². The van der Waals surface area contributed by atoms with Crippen LogP contribution in [0.15, 0.2) is 18.2 Å². The third-order valence-corrected chi connectivity index (χ3v) is 2.70. The molecule has 1 heterocycles. The Labute approximate surface area is 84.9 Å². The summed E-state index contributed by atoms with van der Waals surface area (Å²) < 4.78 is 0. The van der Waals surface area contributed by atoms with E-state index < -0.39 is 0 Å². The molecule has 0 spiro atoms. The van der Waals surface area contributed by atoms with Gasteiger partial charge >= 0.3 is 0 Å². The van der Waals surface area contributed by atoms with Crippen LogP contribution in [0.1, 0.15) is 6.92 Å². The number of nitrogens with zero attached hydrogens (tertiary/aromatic N) is 1. The minimum atomic E-state index is 0.645. The number of hydrogen-bond acceptors (Lipinski definition) is 3. The minimum Gasteiger partial charge on any atom is -0.397 e. The van der Waals surface area contributed by atoms with E-state index in [-0.39, 0.29) is 0 Å². The zero-order valence-electron chi connectivity index (χ0n) is 8.75. The maximum atomic E-state index is 5.93. The topological polar surface area (TPSA) is 41.3 Å². The zero-order valence-corrected chi connectivity index (χ0v) is 8.75. The van der Waals surface area contributed by atoms with Crippen molar-refractivity contribution in [3.8, 4) is 0 Å². The maximum Gasteiger partial charge on any atom is 0.0811 e. The van der Waals surface area contributed by atoms with E-state index in [0.717, 1.165) is 24.5 Å². The van der Waals surface area contributed by atoms with Crippen LogP contribution in [0, 0.1) is 5.92 Å². The van der Waals surface area contributed by atoms with Crippen LogP contribution in [0.2, 0.25) is 0 Å². The molecule has 2 rings (SSSR count). The lowest BCUT2D eigenvalue weighted by atomic mass is 10.2. The fraction of sp³-hybridized carbons (Fsp3) is 0.455. The van der Waals surface area contributed by atoms with Gasteiger partial charge in [0.25, 0.3) is 0 Å². The van der Waals surface area contributed by atoms with Crippen molar-refractivity contribution in [2.75, 3.05) is 36.1 Å². The van der Waals surface area contributed by atoms with Crippen LogP contribution < -0.4 is 16.0 Å². The number of benzene rings is 1. The van der Waals surface area contributed by atoms with Crippen molar-refractivity contribution < 1.29 is 0 Å². The fourth-order valence-corrected chi connectivity index (χ4v) is 1.97. The van der Waals surface area contributed by atoms with Gasteiger partial charge in [-0.15, -0.1) is 0 Å².